The zero-order valence-corrected chi connectivity index (χ0v) is 19.9. The lowest BCUT2D eigenvalue weighted by Gasteiger charge is -2.22. The van der Waals surface area contributed by atoms with Gasteiger partial charge in [0.15, 0.2) is 0 Å². The quantitative estimate of drug-likeness (QED) is 0.201. The Kier molecular flexibility index (Phi) is 9.01. The number of nitrogens with two attached hydrogens (primary N) is 2. The number of H-pyrrole nitrogens is 1. The minimum absolute atomic E-state index is 0.140. The predicted molar refractivity (Wildman–Crippen MR) is 135 cm³/mol. The number of carbonyl (C=O) groups excluding carboxylic acids is 4. The van der Waals surface area contributed by atoms with Crippen molar-refractivity contribution in [1.82, 2.24) is 26.5 Å². The first kappa shape index (κ1) is 26.2. The molecule has 0 aliphatic carbocycles. The van der Waals surface area contributed by atoms with E-state index in [1.54, 1.807) is 37.4 Å². The Balaban J connectivity index is 1.72. The number of urea groups is 1. The third kappa shape index (κ3) is 7.06. The summed E-state index contributed by atoms with van der Waals surface area (Å²) >= 11 is 0. The van der Waals surface area contributed by atoms with E-state index in [1.807, 2.05) is 30.3 Å². The number of fused-ring (bicyclic) bond motifs is 1. The van der Waals surface area contributed by atoms with E-state index in [2.05, 4.69) is 26.5 Å². The van der Waals surface area contributed by atoms with Gasteiger partial charge in [-0.1, -0.05) is 55.5 Å². The molecule has 11 heteroatoms. The smallest absolute Gasteiger partial charge is 0.334 e. The fourth-order valence-corrected chi connectivity index (χ4v) is 3.67. The van der Waals surface area contributed by atoms with Crippen LogP contribution in [0, 0.1) is 0 Å². The van der Waals surface area contributed by atoms with Crippen LogP contribution in [-0.2, 0) is 27.2 Å². The SMILES string of the molecule is CC[C@@H](N)C(=O)NNC(=O)N[C@@H](Cc1ccccc1)C(=O)N[C@@H](Cc1c[nH]c2ccccc12)C(N)=O. The Bertz CT molecular complexity index is 1210. The average molecular weight is 494 g/mol. The van der Waals surface area contributed by atoms with Crippen molar-refractivity contribution < 1.29 is 19.2 Å². The Morgan fingerprint density at radius 3 is 2.25 bits per heavy atom. The molecule has 190 valence electrons. The lowest BCUT2D eigenvalue weighted by molar-refractivity contribution is -0.128. The van der Waals surface area contributed by atoms with Crippen LogP contribution in [0.2, 0.25) is 0 Å². The van der Waals surface area contributed by atoms with Crippen LogP contribution in [0.3, 0.4) is 0 Å². The van der Waals surface area contributed by atoms with Gasteiger partial charge in [0, 0.05) is 29.9 Å². The standard InChI is InChI=1S/C25H31N7O4/c1-2-18(26)23(34)31-32-25(36)30-21(12-15-8-4-3-5-9-15)24(35)29-20(22(27)33)13-16-14-28-19-11-7-6-10-17(16)19/h3-11,14,18,20-21,28H,2,12-13,26H2,1H3,(H2,27,33)(H,29,35)(H,31,34)(H2,30,32,36)/t18-,20+,21+/m1/s1. The van der Waals surface area contributed by atoms with E-state index in [0.717, 1.165) is 22.0 Å². The van der Waals surface area contributed by atoms with E-state index >= 15 is 0 Å². The number of carbonyl (C=O) groups is 4. The maximum Gasteiger partial charge on any atom is 0.334 e. The topological polar surface area (TPSA) is 184 Å². The number of hydrogen-bond donors (Lipinski definition) is 7. The van der Waals surface area contributed by atoms with Crippen LogP contribution in [0.25, 0.3) is 10.9 Å². The maximum absolute atomic E-state index is 13.2. The van der Waals surface area contributed by atoms with Gasteiger partial charge < -0.3 is 27.1 Å². The number of aromatic amines is 1. The van der Waals surface area contributed by atoms with Gasteiger partial charge in [-0.15, -0.1) is 0 Å². The monoisotopic (exact) mass is 493 g/mol. The summed E-state index contributed by atoms with van der Waals surface area (Å²) in [6.07, 6.45) is 2.46. The van der Waals surface area contributed by atoms with Crippen molar-refractivity contribution in [3.8, 4) is 0 Å². The van der Waals surface area contributed by atoms with E-state index in [1.165, 1.54) is 0 Å². The molecule has 0 aliphatic rings. The number of amides is 5. The highest BCUT2D eigenvalue weighted by molar-refractivity contribution is 5.93. The van der Waals surface area contributed by atoms with Gasteiger partial charge in [0.1, 0.15) is 12.1 Å². The number of rotatable bonds is 10. The van der Waals surface area contributed by atoms with Gasteiger partial charge in [-0.3, -0.25) is 19.8 Å². The average Bonchev–Trinajstić information content (AvgIpc) is 3.29. The second-order valence-electron chi connectivity index (χ2n) is 8.37. The van der Waals surface area contributed by atoms with Crippen molar-refractivity contribution in [2.75, 3.05) is 0 Å². The number of benzene rings is 2. The van der Waals surface area contributed by atoms with Gasteiger partial charge >= 0.3 is 6.03 Å². The third-order valence-corrected chi connectivity index (χ3v) is 5.74. The predicted octanol–water partition coefficient (Wildman–Crippen LogP) is 0.360. The van der Waals surface area contributed by atoms with Gasteiger partial charge in [-0.25, -0.2) is 10.2 Å². The van der Waals surface area contributed by atoms with Crippen molar-refractivity contribution in [1.29, 1.82) is 0 Å². The normalized spacial score (nSPS) is 13.3. The van der Waals surface area contributed by atoms with Crippen LogP contribution >= 0.6 is 0 Å². The van der Waals surface area contributed by atoms with Crippen molar-refractivity contribution >= 4 is 34.7 Å². The number of hydrazine groups is 1. The minimum atomic E-state index is -1.06. The first-order valence-electron chi connectivity index (χ1n) is 11.6. The summed E-state index contributed by atoms with van der Waals surface area (Å²) in [5.41, 5.74) is 18.1. The summed E-state index contributed by atoms with van der Waals surface area (Å²) in [5.74, 6) is -1.88. The summed E-state index contributed by atoms with van der Waals surface area (Å²) < 4.78 is 0. The van der Waals surface area contributed by atoms with Gasteiger partial charge in [-0.05, 0) is 23.6 Å². The molecule has 2 aromatic carbocycles. The van der Waals surface area contributed by atoms with Crippen molar-refractivity contribution in [2.24, 2.45) is 11.5 Å². The molecular formula is C25H31N7O4. The Labute approximate surface area is 208 Å². The zero-order valence-electron chi connectivity index (χ0n) is 19.9. The number of hydrogen-bond acceptors (Lipinski definition) is 5. The number of nitrogens with one attached hydrogen (secondary N) is 5. The third-order valence-electron chi connectivity index (χ3n) is 5.74. The van der Waals surface area contributed by atoms with Gasteiger partial charge in [0.05, 0.1) is 6.04 Å². The summed E-state index contributed by atoms with van der Waals surface area (Å²) in [4.78, 5) is 52.8. The molecule has 36 heavy (non-hydrogen) atoms. The Hall–Kier alpha value is -4.38. The molecule has 3 aromatic rings. The molecule has 0 bridgehead atoms. The second kappa shape index (κ2) is 12.4. The van der Waals surface area contributed by atoms with E-state index in [9.17, 15) is 19.2 Å². The molecule has 0 aliphatic heterocycles. The molecule has 0 saturated carbocycles. The number of para-hydroxylation sites is 1. The summed E-state index contributed by atoms with van der Waals surface area (Å²) in [5, 5.41) is 6.11. The molecule has 3 rings (SSSR count). The maximum atomic E-state index is 13.2. The van der Waals surface area contributed by atoms with Gasteiger partial charge in [0.25, 0.3) is 5.91 Å². The van der Waals surface area contributed by atoms with E-state index < -0.39 is 41.9 Å². The van der Waals surface area contributed by atoms with E-state index in [0.29, 0.717) is 6.42 Å². The highest BCUT2D eigenvalue weighted by Crippen LogP contribution is 2.19. The molecular weight excluding hydrogens is 462 g/mol. The Morgan fingerprint density at radius 1 is 0.861 bits per heavy atom. The lowest BCUT2D eigenvalue weighted by atomic mass is 10.0. The fraction of sp³-hybridized carbons (Fsp3) is 0.280. The van der Waals surface area contributed by atoms with Crippen LogP contribution in [0.5, 0.6) is 0 Å². The number of primary amides is 1. The van der Waals surface area contributed by atoms with Gasteiger partial charge in [-0.2, -0.15) is 0 Å². The highest BCUT2D eigenvalue weighted by atomic mass is 16.2. The molecule has 0 radical (unpaired) electrons. The van der Waals surface area contributed by atoms with Crippen molar-refractivity contribution in [2.45, 2.75) is 44.3 Å². The van der Waals surface area contributed by atoms with E-state index in [-0.39, 0.29) is 12.8 Å². The highest BCUT2D eigenvalue weighted by Gasteiger charge is 2.27. The molecule has 1 aromatic heterocycles. The molecule has 9 N–H and O–H groups in total. The Morgan fingerprint density at radius 2 is 1.56 bits per heavy atom. The van der Waals surface area contributed by atoms with Crippen molar-refractivity contribution in [3.63, 3.8) is 0 Å². The first-order valence-corrected chi connectivity index (χ1v) is 11.6. The molecule has 0 fully saturated rings. The van der Waals surface area contributed by atoms with Gasteiger partial charge in [0.2, 0.25) is 11.8 Å². The summed E-state index contributed by atoms with van der Waals surface area (Å²) in [6, 6.07) is 13.0. The minimum Gasteiger partial charge on any atom is -0.368 e. The van der Waals surface area contributed by atoms with E-state index in [4.69, 9.17) is 11.5 Å². The van der Waals surface area contributed by atoms with Crippen LogP contribution in [-0.4, -0.2) is 46.9 Å². The van der Waals surface area contributed by atoms with Crippen molar-refractivity contribution in [3.05, 3.63) is 71.9 Å². The molecule has 0 spiro atoms. The van der Waals surface area contributed by atoms with Crippen LogP contribution in [0.1, 0.15) is 24.5 Å². The zero-order chi connectivity index (χ0) is 26.1. The molecule has 0 unspecified atom stereocenters. The summed E-state index contributed by atoms with van der Waals surface area (Å²) in [7, 11) is 0. The largest absolute Gasteiger partial charge is 0.368 e. The number of aromatic nitrogens is 1. The molecule has 5 amide bonds. The second-order valence-corrected chi connectivity index (χ2v) is 8.37. The lowest BCUT2D eigenvalue weighted by Crippen LogP contribution is -2.58. The van der Waals surface area contributed by atoms with Crippen LogP contribution < -0.4 is 33.0 Å². The molecule has 3 atom stereocenters. The first-order chi connectivity index (χ1) is 17.3. The fourth-order valence-electron chi connectivity index (χ4n) is 3.67. The summed E-state index contributed by atoms with van der Waals surface area (Å²) in [6.45, 7) is 1.73. The molecule has 11 nitrogen and oxygen atoms in total. The van der Waals surface area contributed by atoms with Crippen LogP contribution in [0.15, 0.2) is 60.8 Å². The molecule has 0 saturated heterocycles. The molecule has 1 heterocycles. The van der Waals surface area contributed by atoms with Crippen LogP contribution in [0.4, 0.5) is 4.79 Å².